The van der Waals surface area contributed by atoms with Crippen LogP contribution in [0.4, 0.5) is 0 Å². The van der Waals surface area contributed by atoms with Crippen LogP contribution in [0.1, 0.15) is 20.9 Å². The van der Waals surface area contributed by atoms with Crippen LogP contribution in [0.2, 0.25) is 0 Å². The number of aryl methyl sites for hydroxylation is 1. The molecule has 1 aromatic heterocycles. The minimum atomic E-state index is 0.0387. The molecule has 0 spiro atoms. The van der Waals surface area contributed by atoms with Gasteiger partial charge in [0.15, 0.2) is 5.78 Å². The van der Waals surface area contributed by atoms with Crippen molar-refractivity contribution >= 4 is 17.1 Å². The zero-order chi connectivity index (χ0) is 12.3. The summed E-state index contributed by atoms with van der Waals surface area (Å²) >= 11 is 1.49. The number of nitrogens with zero attached hydrogens (tertiary/aromatic N) is 1. The summed E-state index contributed by atoms with van der Waals surface area (Å²) in [6, 6.07) is 5.59. The summed E-state index contributed by atoms with van der Waals surface area (Å²) in [7, 11) is 1.58. The highest BCUT2D eigenvalue weighted by molar-refractivity contribution is 7.09. The number of hydrogen-bond donors (Lipinski definition) is 0. The monoisotopic (exact) mass is 247 g/mol. The lowest BCUT2D eigenvalue weighted by Crippen LogP contribution is -2.05. The van der Waals surface area contributed by atoms with E-state index in [-0.39, 0.29) is 5.78 Å². The molecule has 1 heterocycles. The van der Waals surface area contributed by atoms with Crippen molar-refractivity contribution in [2.45, 2.75) is 13.3 Å². The van der Waals surface area contributed by atoms with Crippen molar-refractivity contribution in [3.8, 4) is 5.75 Å². The normalized spacial score (nSPS) is 10.2. The Bertz CT molecular complexity index is 520. The quantitative estimate of drug-likeness (QED) is 0.780. The van der Waals surface area contributed by atoms with Crippen LogP contribution in [0.5, 0.6) is 5.75 Å². The molecular formula is C13H13NO2S. The maximum absolute atomic E-state index is 12.1. The molecule has 0 radical (unpaired) electrons. The van der Waals surface area contributed by atoms with Crippen molar-refractivity contribution < 1.29 is 9.53 Å². The third-order valence-corrected chi connectivity index (χ3v) is 3.23. The van der Waals surface area contributed by atoms with Gasteiger partial charge in [-0.15, -0.1) is 11.3 Å². The van der Waals surface area contributed by atoms with E-state index in [1.807, 2.05) is 30.5 Å². The van der Waals surface area contributed by atoms with Gasteiger partial charge in [-0.1, -0.05) is 6.07 Å². The van der Waals surface area contributed by atoms with Crippen LogP contribution in [-0.4, -0.2) is 17.9 Å². The van der Waals surface area contributed by atoms with Gasteiger partial charge in [0.05, 0.1) is 19.1 Å². The molecule has 0 aliphatic carbocycles. The summed E-state index contributed by atoms with van der Waals surface area (Å²) in [5, 5.41) is 2.70. The molecule has 0 fully saturated rings. The molecule has 3 nitrogen and oxygen atoms in total. The Morgan fingerprint density at radius 2 is 2.29 bits per heavy atom. The SMILES string of the molecule is COc1cc(C)ccc1C(=O)Cc1nccs1. The number of carbonyl (C=O) groups is 1. The van der Waals surface area contributed by atoms with Gasteiger partial charge < -0.3 is 4.74 Å². The van der Waals surface area contributed by atoms with Gasteiger partial charge in [-0.25, -0.2) is 4.98 Å². The number of thiazole rings is 1. The summed E-state index contributed by atoms with van der Waals surface area (Å²) in [6.07, 6.45) is 2.04. The van der Waals surface area contributed by atoms with Crippen LogP contribution < -0.4 is 4.74 Å². The highest BCUT2D eigenvalue weighted by Crippen LogP contribution is 2.22. The van der Waals surface area contributed by atoms with Crippen molar-refractivity contribution in [1.82, 2.24) is 4.98 Å². The first-order valence-electron chi connectivity index (χ1n) is 5.27. The van der Waals surface area contributed by atoms with Crippen LogP contribution in [0.3, 0.4) is 0 Å². The average Bonchev–Trinajstić information content (AvgIpc) is 2.81. The van der Waals surface area contributed by atoms with Crippen LogP contribution in [0.15, 0.2) is 29.8 Å². The average molecular weight is 247 g/mol. The molecule has 88 valence electrons. The fourth-order valence-electron chi connectivity index (χ4n) is 1.60. The van der Waals surface area contributed by atoms with Crippen molar-refractivity contribution in [3.05, 3.63) is 45.9 Å². The van der Waals surface area contributed by atoms with E-state index in [0.717, 1.165) is 10.6 Å². The fraction of sp³-hybridized carbons (Fsp3) is 0.231. The lowest BCUT2D eigenvalue weighted by molar-refractivity contribution is 0.0990. The first-order chi connectivity index (χ1) is 8.20. The molecule has 0 unspecified atom stereocenters. The molecule has 0 saturated carbocycles. The molecular weight excluding hydrogens is 234 g/mol. The van der Waals surface area contributed by atoms with E-state index in [0.29, 0.717) is 17.7 Å². The highest BCUT2D eigenvalue weighted by atomic mass is 32.1. The summed E-state index contributed by atoms with van der Waals surface area (Å²) in [5.41, 5.74) is 1.70. The third-order valence-electron chi connectivity index (χ3n) is 2.45. The largest absolute Gasteiger partial charge is 0.496 e. The van der Waals surface area contributed by atoms with Gasteiger partial charge in [0.25, 0.3) is 0 Å². The van der Waals surface area contributed by atoms with E-state index < -0.39 is 0 Å². The van der Waals surface area contributed by atoms with Crippen molar-refractivity contribution in [3.63, 3.8) is 0 Å². The number of Topliss-reactive ketones (excluding diaryl/α,β-unsaturated/α-hetero) is 1. The van der Waals surface area contributed by atoms with Gasteiger partial charge in [-0.3, -0.25) is 4.79 Å². The maximum Gasteiger partial charge on any atom is 0.173 e. The standard InChI is InChI=1S/C13H13NO2S/c1-9-3-4-10(12(7-9)16-2)11(15)8-13-14-5-6-17-13/h3-7H,8H2,1-2H3. The van der Waals surface area contributed by atoms with Gasteiger partial charge in [0, 0.05) is 11.6 Å². The van der Waals surface area contributed by atoms with E-state index in [9.17, 15) is 4.79 Å². The Kier molecular flexibility index (Phi) is 3.54. The van der Waals surface area contributed by atoms with Crippen molar-refractivity contribution in [1.29, 1.82) is 0 Å². The van der Waals surface area contributed by atoms with E-state index in [1.165, 1.54) is 11.3 Å². The lowest BCUT2D eigenvalue weighted by Gasteiger charge is -2.07. The third kappa shape index (κ3) is 2.71. The number of rotatable bonds is 4. The summed E-state index contributed by atoms with van der Waals surface area (Å²) in [4.78, 5) is 16.2. The molecule has 4 heteroatoms. The number of benzene rings is 1. The Morgan fingerprint density at radius 1 is 1.47 bits per heavy atom. The number of hydrogen-bond acceptors (Lipinski definition) is 4. The van der Waals surface area contributed by atoms with Crippen LogP contribution >= 0.6 is 11.3 Å². The zero-order valence-electron chi connectivity index (χ0n) is 9.77. The number of carbonyl (C=O) groups excluding carboxylic acids is 1. The number of aromatic nitrogens is 1. The molecule has 0 aliphatic rings. The second-order valence-corrected chi connectivity index (χ2v) is 4.71. The number of ketones is 1. The number of methoxy groups -OCH3 is 1. The van der Waals surface area contributed by atoms with Crippen molar-refractivity contribution in [2.24, 2.45) is 0 Å². The van der Waals surface area contributed by atoms with Crippen LogP contribution in [0, 0.1) is 6.92 Å². The van der Waals surface area contributed by atoms with E-state index in [1.54, 1.807) is 13.3 Å². The second-order valence-electron chi connectivity index (χ2n) is 3.73. The Balaban J connectivity index is 2.24. The Hall–Kier alpha value is -1.68. The molecule has 17 heavy (non-hydrogen) atoms. The molecule has 1 aromatic carbocycles. The molecule has 2 rings (SSSR count). The van der Waals surface area contributed by atoms with Gasteiger partial charge >= 0.3 is 0 Å². The lowest BCUT2D eigenvalue weighted by atomic mass is 10.1. The predicted octanol–water partition coefficient (Wildman–Crippen LogP) is 2.89. The fourth-order valence-corrected chi connectivity index (χ4v) is 2.22. The summed E-state index contributed by atoms with van der Waals surface area (Å²) in [6.45, 7) is 1.97. The minimum absolute atomic E-state index is 0.0387. The second kappa shape index (κ2) is 5.10. The van der Waals surface area contributed by atoms with Crippen molar-refractivity contribution in [2.75, 3.05) is 7.11 Å². The molecule has 2 aromatic rings. The van der Waals surface area contributed by atoms with Gasteiger partial charge in [-0.2, -0.15) is 0 Å². The zero-order valence-corrected chi connectivity index (χ0v) is 10.6. The molecule has 0 aliphatic heterocycles. The molecule has 0 saturated heterocycles. The Labute approximate surface area is 104 Å². The summed E-state index contributed by atoms with van der Waals surface area (Å²) < 4.78 is 5.23. The first-order valence-corrected chi connectivity index (χ1v) is 6.15. The topological polar surface area (TPSA) is 39.2 Å². The van der Waals surface area contributed by atoms with Gasteiger partial charge in [-0.05, 0) is 24.6 Å². The smallest absolute Gasteiger partial charge is 0.173 e. The van der Waals surface area contributed by atoms with Gasteiger partial charge in [0.2, 0.25) is 0 Å². The predicted molar refractivity (Wildman–Crippen MR) is 67.9 cm³/mol. The molecule has 0 bridgehead atoms. The Morgan fingerprint density at radius 3 is 2.94 bits per heavy atom. The molecule has 0 N–H and O–H groups in total. The molecule has 0 amide bonds. The first kappa shape index (κ1) is 11.8. The van der Waals surface area contributed by atoms with Crippen LogP contribution in [0.25, 0.3) is 0 Å². The number of ether oxygens (including phenoxy) is 1. The van der Waals surface area contributed by atoms with Gasteiger partial charge in [0.1, 0.15) is 10.8 Å². The summed E-state index contributed by atoms with van der Waals surface area (Å²) in [5.74, 6) is 0.670. The van der Waals surface area contributed by atoms with E-state index in [2.05, 4.69) is 4.98 Å². The maximum atomic E-state index is 12.1. The highest BCUT2D eigenvalue weighted by Gasteiger charge is 2.13. The van der Waals surface area contributed by atoms with E-state index >= 15 is 0 Å². The minimum Gasteiger partial charge on any atom is -0.496 e. The van der Waals surface area contributed by atoms with Crippen LogP contribution in [-0.2, 0) is 6.42 Å². The molecule has 0 atom stereocenters. The van der Waals surface area contributed by atoms with E-state index in [4.69, 9.17) is 4.74 Å².